The van der Waals surface area contributed by atoms with Gasteiger partial charge in [0.2, 0.25) is 0 Å². The number of hydrogen-bond donors (Lipinski definition) is 1. The van der Waals surface area contributed by atoms with E-state index >= 15 is 0 Å². The topological polar surface area (TPSA) is 70.1 Å². The standard InChI is InChI=1S/C9H15N3O2/c1-3-7-8(9(10)13)11-6-12(7)4-5-14-2/h6H,3-5H2,1-2H3,(H2,10,13). The van der Waals surface area contributed by atoms with E-state index in [0.717, 1.165) is 12.1 Å². The Morgan fingerprint density at radius 2 is 2.43 bits per heavy atom. The van der Waals surface area contributed by atoms with Gasteiger partial charge in [-0.05, 0) is 6.42 Å². The van der Waals surface area contributed by atoms with Crippen molar-refractivity contribution in [2.75, 3.05) is 13.7 Å². The Balaban J connectivity index is 2.89. The molecule has 0 spiro atoms. The summed E-state index contributed by atoms with van der Waals surface area (Å²) < 4.78 is 6.84. The Kier molecular flexibility index (Phi) is 3.64. The van der Waals surface area contributed by atoms with E-state index < -0.39 is 5.91 Å². The van der Waals surface area contributed by atoms with Crippen LogP contribution in [0.15, 0.2) is 6.33 Å². The highest BCUT2D eigenvalue weighted by atomic mass is 16.5. The molecule has 0 saturated heterocycles. The molecule has 0 unspecified atom stereocenters. The number of nitrogens with two attached hydrogens (primary N) is 1. The Bertz CT molecular complexity index is 320. The zero-order chi connectivity index (χ0) is 10.6. The first-order valence-electron chi connectivity index (χ1n) is 4.53. The van der Waals surface area contributed by atoms with Gasteiger partial charge < -0.3 is 15.0 Å². The number of primary amides is 1. The second-order valence-electron chi connectivity index (χ2n) is 2.94. The molecule has 0 aromatic carbocycles. The monoisotopic (exact) mass is 197 g/mol. The van der Waals surface area contributed by atoms with Crippen LogP contribution in [-0.4, -0.2) is 29.2 Å². The minimum absolute atomic E-state index is 0.364. The van der Waals surface area contributed by atoms with Gasteiger partial charge in [0.15, 0.2) is 0 Å². The van der Waals surface area contributed by atoms with Crippen LogP contribution in [0, 0.1) is 0 Å². The fraction of sp³-hybridized carbons (Fsp3) is 0.556. The van der Waals surface area contributed by atoms with Crippen LogP contribution >= 0.6 is 0 Å². The highest BCUT2D eigenvalue weighted by Gasteiger charge is 2.13. The Morgan fingerprint density at radius 1 is 1.71 bits per heavy atom. The predicted octanol–water partition coefficient (Wildman–Crippen LogP) is 0.191. The smallest absolute Gasteiger partial charge is 0.269 e. The molecule has 0 fully saturated rings. The zero-order valence-electron chi connectivity index (χ0n) is 8.49. The van der Waals surface area contributed by atoms with Gasteiger partial charge in [-0.25, -0.2) is 4.98 Å². The fourth-order valence-corrected chi connectivity index (χ4v) is 1.37. The number of nitrogens with zero attached hydrogens (tertiary/aromatic N) is 2. The Hall–Kier alpha value is -1.36. The number of hydrogen-bond acceptors (Lipinski definition) is 3. The molecule has 2 N–H and O–H groups in total. The van der Waals surface area contributed by atoms with Crippen LogP contribution < -0.4 is 5.73 Å². The van der Waals surface area contributed by atoms with E-state index in [0.29, 0.717) is 18.8 Å². The largest absolute Gasteiger partial charge is 0.383 e. The van der Waals surface area contributed by atoms with Crippen molar-refractivity contribution in [3.63, 3.8) is 0 Å². The van der Waals surface area contributed by atoms with E-state index in [1.807, 2.05) is 11.5 Å². The summed E-state index contributed by atoms with van der Waals surface area (Å²) in [6, 6.07) is 0. The van der Waals surface area contributed by atoms with Gasteiger partial charge in [0.25, 0.3) is 5.91 Å². The van der Waals surface area contributed by atoms with Crippen molar-refractivity contribution in [3.8, 4) is 0 Å². The van der Waals surface area contributed by atoms with Crippen molar-refractivity contribution >= 4 is 5.91 Å². The summed E-state index contributed by atoms with van der Waals surface area (Å²) in [5.41, 5.74) is 6.42. The summed E-state index contributed by atoms with van der Waals surface area (Å²) >= 11 is 0. The number of carbonyl (C=O) groups is 1. The molecule has 0 aliphatic heterocycles. The molecule has 0 atom stereocenters. The van der Waals surface area contributed by atoms with Gasteiger partial charge in [-0.2, -0.15) is 0 Å². The number of aromatic nitrogens is 2. The lowest BCUT2D eigenvalue weighted by atomic mass is 10.2. The summed E-state index contributed by atoms with van der Waals surface area (Å²) in [6.45, 7) is 3.26. The van der Waals surface area contributed by atoms with Gasteiger partial charge in [-0.3, -0.25) is 4.79 Å². The SMILES string of the molecule is CCc1c(C(N)=O)ncn1CCOC. The maximum absolute atomic E-state index is 11.0. The summed E-state index contributed by atoms with van der Waals surface area (Å²) in [5.74, 6) is -0.474. The van der Waals surface area contributed by atoms with Crippen LogP contribution in [0.4, 0.5) is 0 Å². The highest BCUT2D eigenvalue weighted by Crippen LogP contribution is 2.07. The molecule has 5 nitrogen and oxygen atoms in total. The first kappa shape index (κ1) is 10.7. The van der Waals surface area contributed by atoms with Crippen molar-refractivity contribution in [1.29, 1.82) is 0 Å². The first-order valence-corrected chi connectivity index (χ1v) is 4.53. The fourth-order valence-electron chi connectivity index (χ4n) is 1.37. The molecule has 0 aliphatic carbocycles. The second kappa shape index (κ2) is 4.76. The first-order chi connectivity index (χ1) is 6.70. The lowest BCUT2D eigenvalue weighted by Crippen LogP contribution is -2.15. The Labute approximate surface area is 82.9 Å². The second-order valence-corrected chi connectivity index (χ2v) is 2.94. The van der Waals surface area contributed by atoms with Crippen LogP contribution in [0.5, 0.6) is 0 Å². The summed E-state index contributed by atoms with van der Waals surface area (Å²) in [7, 11) is 1.64. The average Bonchev–Trinajstić information content (AvgIpc) is 2.57. The van der Waals surface area contributed by atoms with Gasteiger partial charge >= 0.3 is 0 Å². The van der Waals surface area contributed by atoms with Crippen molar-refractivity contribution in [2.24, 2.45) is 5.73 Å². The van der Waals surface area contributed by atoms with Gasteiger partial charge in [0.05, 0.1) is 18.6 Å². The van der Waals surface area contributed by atoms with Crippen molar-refractivity contribution < 1.29 is 9.53 Å². The normalized spacial score (nSPS) is 10.4. The molecule has 78 valence electrons. The molecule has 5 heteroatoms. The van der Waals surface area contributed by atoms with E-state index in [9.17, 15) is 4.79 Å². The van der Waals surface area contributed by atoms with Crippen LogP contribution in [-0.2, 0) is 17.7 Å². The molecule has 1 rings (SSSR count). The lowest BCUT2D eigenvalue weighted by molar-refractivity contribution is 0.0994. The summed E-state index contributed by atoms with van der Waals surface area (Å²) in [4.78, 5) is 15.0. The molecule has 0 aliphatic rings. The molecule has 14 heavy (non-hydrogen) atoms. The van der Waals surface area contributed by atoms with E-state index in [1.165, 1.54) is 0 Å². The predicted molar refractivity (Wildman–Crippen MR) is 52.0 cm³/mol. The maximum Gasteiger partial charge on any atom is 0.269 e. The summed E-state index contributed by atoms with van der Waals surface area (Å²) in [5, 5.41) is 0. The molecule has 1 aromatic rings. The van der Waals surface area contributed by atoms with Crippen LogP contribution in [0.1, 0.15) is 23.1 Å². The summed E-state index contributed by atoms with van der Waals surface area (Å²) in [6.07, 6.45) is 2.36. The van der Waals surface area contributed by atoms with E-state index in [2.05, 4.69) is 4.98 Å². The molecule has 0 radical (unpaired) electrons. The lowest BCUT2D eigenvalue weighted by Gasteiger charge is -2.05. The molecule has 0 saturated carbocycles. The molecule has 1 heterocycles. The molecular formula is C9H15N3O2. The van der Waals surface area contributed by atoms with E-state index in [4.69, 9.17) is 10.5 Å². The molecular weight excluding hydrogens is 182 g/mol. The quantitative estimate of drug-likeness (QED) is 0.732. The van der Waals surface area contributed by atoms with Gasteiger partial charge in [0.1, 0.15) is 5.69 Å². The third kappa shape index (κ3) is 2.11. The van der Waals surface area contributed by atoms with Gasteiger partial charge in [0, 0.05) is 13.7 Å². The molecule has 1 amide bonds. The number of imidazole rings is 1. The van der Waals surface area contributed by atoms with E-state index in [-0.39, 0.29) is 0 Å². The number of carbonyl (C=O) groups excluding carboxylic acids is 1. The minimum atomic E-state index is -0.474. The van der Waals surface area contributed by atoms with Gasteiger partial charge in [-0.1, -0.05) is 6.92 Å². The molecule has 1 aromatic heterocycles. The number of amides is 1. The number of methoxy groups -OCH3 is 1. The van der Waals surface area contributed by atoms with Crippen LogP contribution in [0.2, 0.25) is 0 Å². The Morgan fingerprint density at radius 3 is 2.93 bits per heavy atom. The number of rotatable bonds is 5. The van der Waals surface area contributed by atoms with Crippen molar-refractivity contribution in [2.45, 2.75) is 19.9 Å². The third-order valence-corrected chi connectivity index (χ3v) is 2.05. The van der Waals surface area contributed by atoms with Crippen molar-refractivity contribution in [3.05, 3.63) is 17.7 Å². The van der Waals surface area contributed by atoms with Crippen LogP contribution in [0.25, 0.3) is 0 Å². The third-order valence-electron chi connectivity index (χ3n) is 2.05. The zero-order valence-corrected chi connectivity index (χ0v) is 8.49. The average molecular weight is 197 g/mol. The van der Waals surface area contributed by atoms with E-state index in [1.54, 1.807) is 13.4 Å². The highest BCUT2D eigenvalue weighted by molar-refractivity contribution is 5.91. The van der Waals surface area contributed by atoms with Gasteiger partial charge in [-0.15, -0.1) is 0 Å². The minimum Gasteiger partial charge on any atom is -0.383 e. The molecule has 0 bridgehead atoms. The van der Waals surface area contributed by atoms with Crippen molar-refractivity contribution in [1.82, 2.24) is 9.55 Å². The maximum atomic E-state index is 11.0. The van der Waals surface area contributed by atoms with Crippen LogP contribution in [0.3, 0.4) is 0 Å². The number of ether oxygens (including phenoxy) is 1.